The molecule has 4 nitrogen and oxygen atoms in total. The van der Waals surface area contributed by atoms with E-state index in [1.165, 1.54) is 17.7 Å². The molecule has 2 atom stereocenters. The Morgan fingerprint density at radius 3 is 2.76 bits per heavy atom. The highest BCUT2D eigenvalue weighted by Crippen LogP contribution is 2.37. The van der Waals surface area contributed by atoms with Gasteiger partial charge in [-0.15, -0.1) is 0 Å². The third-order valence-corrected chi connectivity index (χ3v) is 5.39. The lowest BCUT2D eigenvalue weighted by Crippen LogP contribution is -2.39. The minimum atomic E-state index is 0.112. The highest BCUT2D eigenvalue weighted by Gasteiger charge is 2.28. The molecule has 3 heterocycles. The number of hydrogen-bond donors (Lipinski definition) is 0. The number of piperidine rings is 1. The SMILES string of the molecule is CC1CCCN(C(=O)c2ccc(N3c4ccccc4CC3C)nc2)C1. The first kappa shape index (κ1) is 16.1. The second-order valence-corrected chi connectivity index (χ2v) is 7.46. The average molecular weight is 335 g/mol. The molecule has 0 saturated carbocycles. The number of anilines is 2. The Hall–Kier alpha value is -2.36. The van der Waals surface area contributed by atoms with Crippen LogP contribution in [0.2, 0.25) is 0 Å². The van der Waals surface area contributed by atoms with E-state index in [0.29, 0.717) is 17.5 Å². The molecule has 4 heteroatoms. The molecule has 4 rings (SSSR count). The zero-order valence-electron chi connectivity index (χ0n) is 15.0. The topological polar surface area (TPSA) is 36.4 Å². The van der Waals surface area contributed by atoms with Crippen molar-refractivity contribution in [1.29, 1.82) is 0 Å². The normalized spacial score (nSPS) is 22.8. The molecule has 0 spiro atoms. The van der Waals surface area contributed by atoms with Gasteiger partial charge in [-0.2, -0.15) is 0 Å². The molecule has 0 radical (unpaired) electrons. The molecule has 2 aliphatic rings. The van der Waals surface area contributed by atoms with Crippen molar-refractivity contribution in [3.8, 4) is 0 Å². The number of likely N-dealkylation sites (tertiary alicyclic amines) is 1. The number of fused-ring (bicyclic) bond motifs is 1. The van der Waals surface area contributed by atoms with Crippen molar-refractivity contribution in [3.63, 3.8) is 0 Å². The van der Waals surface area contributed by atoms with Gasteiger partial charge in [0.05, 0.1) is 5.56 Å². The van der Waals surface area contributed by atoms with Crippen molar-refractivity contribution in [2.75, 3.05) is 18.0 Å². The lowest BCUT2D eigenvalue weighted by Gasteiger charge is -2.31. The molecule has 25 heavy (non-hydrogen) atoms. The predicted molar refractivity (Wildman–Crippen MR) is 100 cm³/mol. The van der Waals surface area contributed by atoms with Crippen LogP contribution in [0.5, 0.6) is 0 Å². The van der Waals surface area contributed by atoms with E-state index in [-0.39, 0.29) is 5.91 Å². The van der Waals surface area contributed by atoms with Crippen LogP contribution in [0.1, 0.15) is 42.6 Å². The molecule has 0 bridgehead atoms. The number of hydrogen-bond acceptors (Lipinski definition) is 3. The quantitative estimate of drug-likeness (QED) is 0.831. The minimum absolute atomic E-state index is 0.112. The van der Waals surface area contributed by atoms with Gasteiger partial charge in [0, 0.05) is 31.0 Å². The summed E-state index contributed by atoms with van der Waals surface area (Å²) < 4.78 is 0. The number of aromatic nitrogens is 1. The van der Waals surface area contributed by atoms with E-state index in [4.69, 9.17) is 0 Å². The molecule has 0 aliphatic carbocycles. The van der Waals surface area contributed by atoms with E-state index in [1.807, 2.05) is 17.0 Å². The van der Waals surface area contributed by atoms with Gasteiger partial charge in [0.15, 0.2) is 0 Å². The summed E-state index contributed by atoms with van der Waals surface area (Å²) in [5.41, 5.74) is 3.28. The molecule has 0 N–H and O–H groups in total. The maximum absolute atomic E-state index is 12.7. The van der Waals surface area contributed by atoms with E-state index in [2.05, 4.69) is 48.0 Å². The van der Waals surface area contributed by atoms with Gasteiger partial charge in [0.25, 0.3) is 5.91 Å². The van der Waals surface area contributed by atoms with Gasteiger partial charge >= 0.3 is 0 Å². The molecule has 1 aromatic carbocycles. The molecule has 2 aliphatic heterocycles. The number of rotatable bonds is 2. The fourth-order valence-corrected chi connectivity index (χ4v) is 4.13. The largest absolute Gasteiger partial charge is 0.338 e. The molecule has 2 aromatic rings. The monoisotopic (exact) mass is 335 g/mol. The third-order valence-electron chi connectivity index (χ3n) is 5.39. The van der Waals surface area contributed by atoms with Gasteiger partial charge < -0.3 is 9.80 Å². The number of para-hydroxylation sites is 1. The van der Waals surface area contributed by atoms with Gasteiger partial charge in [-0.25, -0.2) is 4.98 Å². The predicted octanol–water partition coefficient (Wildman–Crippen LogP) is 4.04. The Morgan fingerprint density at radius 1 is 1.16 bits per heavy atom. The number of carbonyl (C=O) groups excluding carboxylic acids is 1. The Balaban J connectivity index is 1.55. The Bertz CT molecular complexity index is 771. The van der Waals surface area contributed by atoms with Crippen LogP contribution in [-0.2, 0) is 6.42 Å². The van der Waals surface area contributed by atoms with Crippen LogP contribution in [0.25, 0.3) is 0 Å². The van der Waals surface area contributed by atoms with Crippen LogP contribution >= 0.6 is 0 Å². The lowest BCUT2D eigenvalue weighted by atomic mass is 10.00. The van der Waals surface area contributed by atoms with Gasteiger partial charge in [0.2, 0.25) is 0 Å². The summed E-state index contributed by atoms with van der Waals surface area (Å²) in [7, 11) is 0. The van der Waals surface area contributed by atoms with Crippen LogP contribution in [-0.4, -0.2) is 34.9 Å². The average Bonchev–Trinajstić information content (AvgIpc) is 2.97. The molecule has 1 amide bonds. The Labute approximate surface area is 149 Å². The summed E-state index contributed by atoms with van der Waals surface area (Å²) in [5, 5.41) is 0. The third kappa shape index (κ3) is 3.01. The second kappa shape index (κ2) is 6.51. The molecular weight excluding hydrogens is 310 g/mol. The number of pyridine rings is 1. The fourth-order valence-electron chi connectivity index (χ4n) is 4.13. The summed E-state index contributed by atoms with van der Waals surface area (Å²) >= 11 is 0. The van der Waals surface area contributed by atoms with E-state index in [1.54, 1.807) is 6.20 Å². The van der Waals surface area contributed by atoms with E-state index in [0.717, 1.165) is 31.7 Å². The molecule has 2 unspecified atom stereocenters. The van der Waals surface area contributed by atoms with Crippen LogP contribution < -0.4 is 4.90 Å². The summed E-state index contributed by atoms with van der Waals surface area (Å²) in [5.74, 6) is 1.62. The minimum Gasteiger partial charge on any atom is -0.338 e. The first-order valence-corrected chi connectivity index (χ1v) is 9.26. The zero-order chi connectivity index (χ0) is 17.4. The molecule has 130 valence electrons. The van der Waals surface area contributed by atoms with Gasteiger partial charge in [0.1, 0.15) is 5.82 Å². The van der Waals surface area contributed by atoms with Gasteiger partial charge in [-0.05, 0) is 55.9 Å². The number of carbonyl (C=O) groups is 1. The highest BCUT2D eigenvalue weighted by molar-refractivity contribution is 5.94. The van der Waals surface area contributed by atoms with Crippen molar-refractivity contribution in [1.82, 2.24) is 9.88 Å². The van der Waals surface area contributed by atoms with Crippen molar-refractivity contribution >= 4 is 17.4 Å². The Kier molecular flexibility index (Phi) is 4.20. The number of benzene rings is 1. The summed E-state index contributed by atoms with van der Waals surface area (Å²) in [6.45, 7) is 6.15. The van der Waals surface area contributed by atoms with Crippen molar-refractivity contribution in [2.24, 2.45) is 5.92 Å². The van der Waals surface area contributed by atoms with E-state index >= 15 is 0 Å². The standard InChI is InChI=1S/C21H25N3O/c1-15-6-5-11-23(14-15)21(25)18-9-10-20(22-13-18)24-16(2)12-17-7-3-4-8-19(17)24/h3-4,7-10,13,15-16H,5-6,11-12,14H2,1-2H3. The van der Waals surface area contributed by atoms with Crippen molar-refractivity contribution in [2.45, 2.75) is 39.2 Å². The Morgan fingerprint density at radius 2 is 2.00 bits per heavy atom. The number of nitrogens with zero attached hydrogens (tertiary/aromatic N) is 3. The first-order chi connectivity index (χ1) is 12.1. The van der Waals surface area contributed by atoms with Crippen LogP contribution in [0.15, 0.2) is 42.6 Å². The van der Waals surface area contributed by atoms with Gasteiger partial charge in [-0.3, -0.25) is 4.79 Å². The summed E-state index contributed by atoms with van der Waals surface area (Å²) in [4.78, 5) is 21.6. The second-order valence-electron chi connectivity index (χ2n) is 7.46. The summed E-state index contributed by atoms with van der Waals surface area (Å²) in [6, 6.07) is 12.8. The first-order valence-electron chi connectivity index (χ1n) is 9.26. The van der Waals surface area contributed by atoms with Gasteiger partial charge in [-0.1, -0.05) is 25.1 Å². The van der Waals surface area contributed by atoms with Crippen molar-refractivity contribution < 1.29 is 4.79 Å². The number of amides is 1. The molecule has 1 aromatic heterocycles. The lowest BCUT2D eigenvalue weighted by molar-refractivity contribution is 0.0682. The van der Waals surface area contributed by atoms with Crippen LogP contribution in [0, 0.1) is 5.92 Å². The smallest absolute Gasteiger partial charge is 0.255 e. The van der Waals surface area contributed by atoms with E-state index in [9.17, 15) is 4.79 Å². The van der Waals surface area contributed by atoms with Crippen LogP contribution in [0.4, 0.5) is 11.5 Å². The van der Waals surface area contributed by atoms with E-state index < -0.39 is 0 Å². The van der Waals surface area contributed by atoms with Crippen molar-refractivity contribution in [3.05, 3.63) is 53.7 Å². The maximum Gasteiger partial charge on any atom is 0.255 e. The maximum atomic E-state index is 12.7. The molecule has 1 fully saturated rings. The fraction of sp³-hybridized carbons (Fsp3) is 0.429. The zero-order valence-corrected chi connectivity index (χ0v) is 15.0. The van der Waals surface area contributed by atoms with Crippen LogP contribution in [0.3, 0.4) is 0 Å². The molecule has 1 saturated heterocycles. The molecular formula is C21H25N3O. The highest BCUT2D eigenvalue weighted by atomic mass is 16.2. The summed E-state index contributed by atoms with van der Waals surface area (Å²) in [6.07, 6.45) is 5.09.